The highest BCUT2D eigenvalue weighted by atomic mass is 35.5. The molecule has 20 heavy (non-hydrogen) atoms. The number of phenolic OH excluding ortho intramolecular Hbond substituents is 1. The van der Waals surface area contributed by atoms with E-state index in [2.05, 4.69) is 0 Å². The lowest BCUT2D eigenvalue weighted by molar-refractivity contribution is 0.477. The van der Waals surface area contributed by atoms with Crippen LogP contribution in [0.3, 0.4) is 0 Å². The van der Waals surface area contributed by atoms with Gasteiger partial charge in [0.05, 0.1) is 5.02 Å². The Balaban J connectivity index is 2.19. The van der Waals surface area contributed by atoms with Gasteiger partial charge in [-0.1, -0.05) is 78.3 Å². The molecular formula is C18H13ClO. The third kappa shape index (κ3) is 2.28. The Bertz CT molecular complexity index is 735. The molecule has 0 fully saturated rings. The second-order valence-corrected chi connectivity index (χ2v) is 4.93. The molecule has 3 rings (SSSR count). The van der Waals surface area contributed by atoms with Gasteiger partial charge in [-0.3, -0.25) is 0 Å². The Labute approximate surface area is 123 Å². The summed E-state index contributed by atoms with van der Waals surface area (Å²) in [6.07, 6.45) is 0. The first-order valence-corrected chi connectivity index (χ1v) is 6.77. The summed E-state index contributed by atoms with van der Waals surface area (Å²) in [5.74, 6) is 0.236. The third-order valence-electron chi connectivity index (χ3n) is 3.28. The van der Waals surface area contributed by atoms with Crippen LogP contribution in [-0.2, 0) is 0 Å². The molecule has 0 heterocycles. The molecule has 0 aliphatic heterocycles. The summed E-state index contributed by atoms with van der Waals surface area (Å²) in [6, 6.07) is 23.1. The van der Waals surface area contributed by atoms with Gasteiger partial charge < -0.3 is 5.11 Å². The van der Waals surface area contributed by atoms with Gasteiger partial charge in [-0.2, -0.15) is 0 Å². The second kappa shape index (κ2) is 5.40. The molecule has 0 saturated carbocycles. The normalized spacial score (nSPS) is 10.4. The van der Waals surface area contributed by atoms with Crippen LogP contribution in [0.1, 0.15) is 0 Å². The van der Waals surface area contributed by atoms with Crippen molar-refractivity contribution in [3.05, 3.63) is 77.8 Å². The molecule has 3 aromatic rings. The zero-order valence-corrected chi connectivity index (χ0v) is 11.5. The molecule has 0 bridgehead atoms. The molecule has 1 N–H and O–H groups in total. The van der Waals surface area contributed by atoms with Crippen LogP contribution in [0.5, 0.6) is 5.75 Å². The lowest BCUT2D eigenvalue weighted by Crippen LogP contribution is -1.85. The fourth-order valence-corrected chi connectivity index (χ4v) is 2.62. The van der Waals surface area contributed by atoms with Gasteiger partial charge in [0.1, 0.15) is 5.75 Å². The van der Waals surface area contributed by atoms with Gasteiger partial charge in [0.25, 0.3) is 0 Å². The third-order valence-corrected chi connectivity index (χ3v) is 3.68. The molecule has 0 unspecified atom stereocenters. The first kappa shape index (κ1) is 12.8. The van der Waals surface area contributed by atoms with Crippen molar-refractivity contribution in [1.82, 2.24) is 0 Å². The van der Waals surface area contributed by atoms with Crippen LogP contribution in [0.2, 0.25) is 5.02 Å². The van der Waals surface area contributed by atoms with E-state index in [4.69, 9.17) is 11.6 Å². The standard InChI is InChI=1S/C18H13ClO/c19-18-14(13-7-2-1-3-8-13)10-6-11-16(18)15-9-4-5-12-17(15)20/h1-12,20H. The molecule has 98 valence electrons. The van der Waals surface area contributed by atoms with Crippen LogP contribution in [0.15, 0.2) is 72.8 Å². The Morgan fingerprint density at radius 1 is 0.600 bits per heavy atom. The Hall–Kier alpha value is -2.25. The number of hydrogen-bond acceptors (Lipinski definition) is 1. The van der Waals surface area contributed by atoms with Gasteiger partial charge in [-0.05, 0) is 11.6 Å². The zero-order valence-electron chi connectivity index (χ0n) is 10.8. The SMILES string of the molecule is Oc1ccccc1-c1cccc(-c2ccccc2)c1Cl. The van der Waals surface area contributed by atoms with Crippen molar-refractivity contribution in [2.24, 2.45) is 0 Å². The summed E-state index contributed by atoms with van der Waals surface area (Å²) in [6.45, 7) is 0. The molecule has 0 radical (unpaired) electrons. The van der Waals surface area contributed by atoms with Gasteiger partial charge in [0, 0.05) is 16.7 Å². The lowest BCUT2D eigenvalue weighted by Gasteiger charge is -2.11. The lowest BCUT2D eigenvalue weighted by atomic mass is 9.98. The Morgan fingerprint density at radius 3 is 1.95 bits per heavy atom. The predicted molar refractivity (Wildman–Crippen MR) is 84.0 cm³/mol. The summed E-state index contributed by atoms with van der Waals surface area (Å²) in [5, 5.41) is 10.6. The maximum atomic E-state index is 9.99. The summed E-state index contributed by atoms with van der Waals surface area (Å²) in [4.78, 5) is 0. The van der Waals surface area contributed by atoms with Crippen LogP contribution in [-0.4, -0.2) is 5.11 Å². The van der Waals surface area contributed by atoms with Crippen LogP contribution >= 0.6 is 11.6 Å². The highest BCUT2D eigenvalue weighted by Gasteiger charge is 2.11. The van der Waals surface area contributed by atoms with E-state index in [9.17, 15) is 5.11 Å². The monoisotopic (exact) mass is 280 g/mol. The van der Waals surface area contributed by atoms with E-state index < -0.39 is 0 Å². The van der Waals surface area contributed by atoms with E-state index >= 15 is 0 Å². The summed E-state index contributed by atoms with van der Waals surface area (Å²) in [5.41, 5.74) is 3.61. The first-order valence-electron chi connectivity index (χ1n) is 6.39. The minimum atomic E-state index is 0.236. The molecule has 0 amide bonds. The van der Waals surface area contributed by atoms with Crippen LogP contribution in [0.4, 0.5) is 0 Å². The molecule has 0 spiro atoms. The number of aromatic hydroxyl groups is 1. The average Bonchev–Trinajstić information content (AvgIpc) is 2.49. The minimum Gasteiger partial charge on any atom is -0.507 e. The van der Waals surface area contributed by atoms with Crippen molar-refractivity contribution >= 4 is 11.6 Å². The molecular weight excluding hydrogens is 268 g/mol. The summed E-state index contributed by atoms with van der Waals surface area (Å²) < 4.78 is 0. The fraction of sp³-hybridized carbons (Fsp3) is 0. The average molecular weight is 281 g/mol. The van der Waals surface area contributed by atoms with Crippen molar-refractivity contribution < 1.29 is 5.11 Å². The molecule has 0 aromatic heterocycles. The second-order valence-electron chi connectivity index (χ2n) is 4.55. The summed E-state index contributed by atoms with van der Waals surface area (Å²) in [7, 11) is 0. The van der Waals surface area contributed by atoms with E-state index in [-0.39, 0.29) is 5.75 Å². The first-order chi connectivity index (χ1) is 9.77. The van der Waals surface area contributed by atoms with Crippen molar-refractivity contribution in [2.45, 2.75) is 0 Å². The molecule has 0 atom stereocenters. The van der Waals surface area contributed by atoms with Crippen LogP contribution in [0, 0.1) is 0 Å². The smallest absolute Gasteiger partial charge is 0.123 e. The van der Waals surface area contributed by atoms with E-state index in [0.29, 0.717) is 5.02 Å². The number of phenols is 1. The molecule has 2 heteroatoms. The Morgan fingerprint density at radius 2 is 1.20 bits per heavy atom. The van der Waals surface area contributed by atoms with Gasteiger partial charge >= 0.3 is 0 Å². The fourth-order valence-electron chi connectivity index (χ4n) is 2.28. The molecule has 3 aromatic carbocycles. The predicted octanol–water partition coefficient (Wildman–Crippen LogP) is 5.38. The molecule has 1 nitrogen and oxygen atoms in total. The van der Waals surface area contributed by atoms with Crippen molar-refractivity contribution in [1.29, 1.82) is 0 Å². The van der Waals surface area contributed by atoms with Gasteiger partial charge in [0.15, 0.2) is 0 Å². The van der Waals surface area contributed by atoms with Crippen LogP contribution in [0.25, 0.3) is 22.3 Å². The van der Waals surface area contributed by atoms with E-state index in [1.54, 1.807) is 12.1 Å². The number of hydrogen-bond donors (Lipinski definition) is 1. The van der Waals surface area contributed by atoms with E-state index in [1.807, 2.05) is 60.7 Å². The minimum absolute atomic E-state index is 0.236. The zero-order chi connectivity index (χ0) is 13.9. The van der Waals surface area contributed by atoms with Gasteiger partial charge in [-0.25, -0.2) is 0 Å². The molecule has 0 aliphatic carbocycles. The Kier molecular flexibility index (Phi) is 3.44. The largest absolute Gasteiger partial charge is 0.507 e. The number of rotatable bonds is 2. The highest BCUT2D eigenvalue weighted by molar-refractivity contribution is 6.36. The summed E-state index contributed by atoms with van der Waals surface area (Å²) >= 11 is 6.54. The molecule has 0 aliphatic rings. The van der Waals surface area contributed by atoms with Crippen LogP contribution < -0.4 is 0 Å². The highest BCUT2D eigenvalue weighted by Crippen LogP contribution is 2.39. The van der Waals surface area contributed by atoms with Gasteiger partial charge in [-0.15, -0.1) is 0 Å². The van der Waals surface area contributed by atoms with Crippen molar-refractivity contribution in [3.8, 4) is 28.0 Å². The number of para-hydroxylation sites is 1. The van der Waals surface area contributed by atoms with Crippen molar-refractivity contribution in [2.75, 3.05) is 0 Å². The van der Waals surface area contributed by atoms with Gasteiger partial charge in [0.2, 0.25) is 0 Å². The number of halogens is 1. The quantitative estimate of drug-likeness (QED) is 0.668. The maximum absolute atomic E-state index is 9.99. The van der Waals surface area contributed by atoms with E-state index in [1.165, 1.54) is 0 Å². The van der Waals surface area contributed by atoms with E-state index in [0.717, 1.165) is 22.3 Å². The topological polar surface area (TPSA) is 20.2 Å². The molecule has 0 saturated heterocycles. The maximum Gasteiger partial charge on any atom is 0.123 e. The number of benzene rings is 3. The van der Waals surface area contributed by atoms with Crippen molar-refractivity contribution in [3.63, 3.8) is 0 Å².